The number of fused-ring (bicyclic) bond motifs is 5. The lowest BCUT2D eigenvalue weighted by molar-refractivity contribution is -0.0432. The monoisotopic (exact) mass is 503 g/mol. The van der Waals surface area contributed by atoms with E-state index < -0.39 is 27.0 Å². The molecule has 1 spiro atoms. The Balaban J connectivity index is 1.46. The summed E-state index contributed by atoms with van der Waals surface area (Å²) in [6.45, 7) is 4.93. The number of carbonyl (C=O) groups excluding carboxylic acids is 1. The SMILES string of the molecule is CC1CN2c3c(cc4c(C(=O)N5CCS(=O)(=O)CC5)noc4c3F)CC3(C=NCN=C3)C2C(C)O1. The van der Waals surface area contributed by atoms with E-state index in [1.807, 2.05) is 31.2 Å². The maximum Gasteiger partial charge on any atom is 0.276 e. The number of anilines is 1. The van der Waals surface area contributed by atoms with Crippen molar-refractivity contribution in [3.05, 3.63) is 23.1 Å². The summed E-state index contributed by atoms with van der Waals surface area (Å²) >= 11 is 0. The van der Waals surface area contributed by atoms with Gasteiger partial charge in [0.25, 0.3) is 5.91 Å². The fourth-order valence-corrected chi connectivity index (χ4v) is 7.21. The Morgan fingerprint density at radius 1 is 1.20 bits per heavy atom. The molecule has 4 aliphatic rings. The van der Waals surface area contributed by atoms with Crippen molar-refractivity contribution >= 4 is 44.8 Å². The van der Waals surface area contributed by atoms with Crippen molar-refractivity contribution in [1.29, 1.82) is 0 Å². The second-order valence-corrected chi connectivity index (χ2v) is 12.2. The average Bonchev–Trinajstić information content (AvgIpc) is 3.22. The van der Waals surface area contributed by atoms with E-state index in [-0.39, 0.29) is 59.5 Å². The molecule has 0 radical (unpaired) electrons. The van der Waals surface area contributed by atoms with Gasteiger partial charge in [0.1, 0.15) is 6.67 Å². The quantitative estimate of drug-likeness (QED) is 0.578. The summed E-state index contributed by atoms with van der Waals surface area (Å²) in [6, 6.07) is 1.57. The van der Waals surface area contributed by atoms with Gasteiger partial charge in [0.2, 0.25) is 5.58 Å². The number of rotatable bonds is 1. The third-order valence-corrected chi connectivity index (χ3v) is 9.04. The average molecular weight is 504 g/mol. The lowest BCUT2D eigenvalue weighted by atomic mass is 9.69. The van der Waals surface area contributed by atoms with Crippen LogP contribution in [0.3, 0.4) is 0 Å². The molecule has 1 aromatic heterocycles. The standard InChI is InChI=1S/C23H26FN5O5S/c1-13-9-29-19-15(8-23(10-25-12-26-11-23)21(29)14(2)33-13)7-16-18(27-34-20(16)17(19)24)22(30)28-3-5-35(31,32)6-4-28/h7,10-11,13-14,21H,3-6,8-9,12H2,1-2H3. The van der Waals surface area contributed by atoms with E-state index >= 15 is 4.39 Å². The first-order valence-electron chi connectivity index (χ1n) is 11.7. The number of ether oxygens (including phenoxy) is 1. The maximum atomic E-state index is 16.1. The number of carbonyl (C=O) groups is 1. The van der Waals surface area contributed by atoms with E-state index in [2.05, 4.69) is 15.1 Å². The summed E-state index contributed by atoms with van der Waals surface area (Å²) in [5, 5.41) is 4.21. The first-order chi connectivity index (χ1) is 16.7. The van der Waals surface area contributed by atoms with Crippen LogP contribution >= 0.6 is 0 Å². The number of amides is 1. The molecule has 0 N–H and O–H groups in total. The molecular weight excluding hydrogens is 477 g/mol. The van der Waals surface area contributed by atoms with Crippen molar-refractivity contribution < 1.29 is 26.9 Å². The van der Waals surface area contributed by atoms with Gasteiger partial charge in [-0.2, -0.15) is 0 Å². The van der Waals surface area contributed by atoms with Crippen LogP contribution in [-0.4, -0.2) is 92.9 Å². The highest BCUT2D eigenvalue weighted by Gasteiger charge is 2.52. The molecule has 4 aliphatic heterocycles. The molecule has 3 unspecified atom stereocenters. The molecule has 1 aromatic carbocycles. The first kappa shape index (κ1) is 22.6. The number of benzene rings is 1. The van der Waals surface area contributed by atoms with Crippen molar-refractivity contribution in [3.8, 4) is 0 Å². The minimum Gasteiger partial charge on any atom is -0.372 e. The highest BCUT2D eigenvalue weighted by Crippen LogP contribution is 2.47. The van der Waals surface area contributed by atoms with Gasteiger partial charge >= 0.3 is 0 Å². The van der Waals surface area contributed by atoms with Gasteiger partial charge in [0.15, 0.2) is 21.3 Å². The molecular formula is C23H26FN5O5S. The highest BCUT2D eigenvalue weighted by atomic mass is 32.2. The van der Waals surface area contributed by atoms with E-state index in [0.717, 1.165) is 0 Å². The predicted octanol–water partition coefficient (Wildman–Crippen LogP) is 1.47. The van der Waals surface area contributed by atoms with Gasteiger partial charge in [-0.15, -0.1) is 0 Å². The maximum absolute atomic E-state index is 16.1. The zero-order valence-electron chi connectivity index (χ0n) is 19.5. The van der Waals surface area contributed by atoms with Gasteiger partial charge < -0.3 is 19.1 Å². The minimum atomic E-state index is -3.15. The highest BCUT2D eigenvalue weighted by molar-refractivity contribution is 7.91. The van der Waals surface area contributed by atoms with Crippen LogP contribution in [0, 0.1) is 11.2 Å². The molecule has 35 heavy (non-hydrogen) atoms. The van der Waals surface area contributed by atoms with E-state index in [1.165, 1.54) is 4.90 Å². The molecule has 5 heterocycles. The number of aromatic nitrogens is 1. The Labute approximate surface area is 201 Å². The smallest absolute Gasteiger partial charge is 0.276 e. The van der Waals surface area contributed by atoms with Gasteiger partial charge in [-0.25, -0.2) is 12.8 Å². The molecule has 0 aliphatic carbocycles. The molecule has 6 rings (SSSR count). The third-order valence-electron chi connectivity index (χ3n) is 7.43. The number of hydrogen-bond donors (Lipinski definition) is 0. The van der Waals surface area contributed by atoms with Crippen LogP contribution in [0.25, 0.3) is 11.0 Å². The van der Waals surface area contributed by atoms with Crippen molar-refractivity contribution in [1.82, 2.24) is 10.1 Å². The lowest BCUT2D eigenvalue weighted by Crippen LogP contribution is -2.65. The zero-order valence-corrected chi connectivity index (χ0v) is 20.3. The van der Waals surface area contributed by atoms with Gasteiger partial charge in [-0.05, 0) is 31.9 Å². The second kappa shape index (κ2) is 7.82. The molecule has 2 fully saturated rings. The molecule has 10 nitrogen and oxygen atoms in total. The normalized spacial score (nSPS) is 28.8. The summed E-state index contributed by atoms with van der Waals surface area (Å²) in [7, 11) is -3.15. The Hall–Kier alpha value is -2.86. The van der Waals surface area contributed by atoms with Crippen molar-refractivity contribution in [2.45, 2.75) is 38.5 Å². The number of morpholine rings is 1. The number of hydrogen-bond acceptors (Lipinski definition) is 9. The third kappa shape index (κ3) is 3.48. The van der Waals surface area contributed by atoms with Gasteiger partial charge in [0.05, 0.1) is 46.2 Å². The number of sulfone groups is 1. The van der Waals surface area contributed by atoms with E-state index in [1.54, 1.807) is 6.07 Å². The van der Waals surface area contributed by atoms with Crippen LogP contribution in [0.1, 0.15) is 29.9 Å². The van der Waals surface area contributed by atoms with Crippen LogP contribution in [-0.2, 0) is 21.0 Å². The van der Waals surface area contributed by atoms with Crippen LogP contribution < -0.4 is 4.90 Å². The fraction of sp³-hybridized carbons (Fsp3) is 0.565. The van der Waals surface area contributed by atoms with Crippen molar-refractivity contribution in [2.24, 2.45) is 15.4 Å². The first-order valence-corrected chi connectivity index (χ1v) is 13.6. The summed E-state index contributed by atoms with van der Waals surface area (Å²) in [5.74, 6) is -1.23. The van der Waals surface area contributed by atoms with Gasteiger partial charge in [0, 0.05) is 32.1 Å². The van der Waals surface area contributed by atoms with Crippen LogP contribution in [0.4, 0.5) is 10.1 Å². The van der Waals surface area contributed by atoms with Gasteiger partial charge in [-0.1, -0.05) is 5.16 Å². The summed E-state index contributed by atoms with van der Waals surface area (Å²) < 4.78 is 51.1. The summed E-state index contributed by atoms with van der Waals surface area (Å²) in [4.78, 5) is 25.5. The Morgan fingerprint density at radius 3 is 2.63 bits per heavy atom. The number of aliphatic imine (C=N–C) groups is 2. The van der Waals surface area contributed by atoms with Gasteiger partial charge in [-0.3, -0.25) is 14.8 Å². The molecule has 3 atom stereocenters. The number of halogens is 1. The zero-order chi connectivity index (χ0) is 24.5. The molecule has 2 saturated heterocycles. The minimum absolute atomic E-state index is 0.00753. The van der Waals surface area contributed by atoms with E-state index in [0.29, 0.717) is 30.9 Å². The molecule has 186 valence electrons. The molecule has 2 aromatic rings. The summed E-state index contributed by atoms with van der Waals surface area (Å²) in [6.07, 6.45) is 3.92. The van der Waals surface area contributed by atoms with E-state index in [9.17, 15) is 13.2 Å². The fourth-order valence-electron chi connectivity index (χ4n) is 6.01. The molecule has 1 amide bonds. The Bertz CT molecular complexity index is 1360. The Kier molecular flexibility index (Phi) is 5.05. The molecule has 12 heteroatoms. The molecule has 0 bridgehead atoms. The van der Waals surface area contributed by atoms with Crippen LogP contribution in [0.15, 0.2) is 20.6 Å². The lowest BCUT2D eigenvalue weighted by Gasteiger charge is -2.54. The van der Waals surface area contributed by atoms with Crippen LogP contribution in [0.2, 0.25) is 0 Å². The number of nitrogens with zero attached hydrogens (tertiary/aromatic N) is 5. The largest absolute Gasteiger partial charge is 0.372 e. The van der Waals surface area contributed by atoms with Crippen molar-refractivity contribution in [3.63, 3.8) is 0 Å². The molecule has 0 saturated carbocycles. The van der Waals surface area contributed by atoms with E-state index in [4.69, 9.17) is 9.26 Å². The van der Waals surface area contributed by atoms with Crippen molar-refractivity contribution in [2.75, 3.05) is 42.7 Å². The second-order valence-electron chi connectivity index (χ2n) is 9.85. The summed E-state index contributed by atoms with van der Waals surface area (Å²) in [5.41, 5.74) is 0.483. The Morgan fingerprint density at radius 2 is 1.91 bits per heavy atom. The topological polar surface area (TPSA) is 118 Å². The predicted molar refractivity (Wildman–Crippen MR) is 128 cm³/mol. The van der Waals surface area contributed by atoms with Crippen LogP contribution in [0.5, 0.6) is 0 Å².